The highest BCUT2D eigenvalue weighted by Gasteiger charge is 2.45. The highest BCUT2D eigenvalue weighted by atomic mass is 19.3. The first-order valence-electron chi connectivity index (χ1n) is 11.4. The van der Waals surface area contributed by atoms with Crippen LogP contribution in [0.1, 0.15) is 29.9 Å². The number of carbonyl (C=O) groups excluding carboxylic acids is 1. The zero-order valence-electron chi connectivity index (χ0n) is 19.2. The minimum atomic E-state index is -2.98. The van der Waals surface area contributed by atoms with E-state index in [-0.39, 0.29) is 55.3 Å². The van der Waals surface area contributed by atoms with Gasteiger partial charge in [-0.2, -0.15) is 0 Å². The lowest BCUT2D eigenvalue weighted by Crippen LogP contribution is -2.46. The van der Waals surface area contributed by atoms with E-state index in [0.717, 1.165) is 0 Å². The standard InChI is InChI=1S/C25H25F3N4O4/c26-18-1-3-19(4-2-18)36-20-5-6-22(29-13-20)31-23(34)7-9-32-10-8-25(27,28)21(14-32)16-11-17(15-33)24(35)30-12-16/h1-6,11-13,21,33H,7-10,14-15H2,(H,30,35)(H,29,31,34)/t21-/m1/s1. The predicted octanol–water partition coefficient (Wildman–Crippen LogP) is 3.65. The Kier molecular flexibility index (Phi) is 7.70. The molecule has 1 amide bonds. The maximum atomic E-state index is 14.6. The number of rotatable bonds is 8. The SMILES string of the molecule is O=C(CCN1CCC(F)(F)[C@@H](c2c[nH]c(=O)c(CO)c2)C1)Nc1ccc(Oc2ccc(F)cc2)cn1. The molecule has 0 saturated carbocycles. The summed E-state index contributed by atoms with van der Waals surface area (Å²) in [6, 6.07) is 9.98. The first kappa shape index (κ1) is 25.4. The number of alkyl halides is 2. The van der Waals surface area contributed by atoms with E-state index in [4.69, 9.17) is 4.74 Å². The largest absolute Gasteiger partial charge is 0.456 e. The number of aromatic nitrogens is 2. The molecule has 0 aliphatic carbocycles. The number of benzene rings is 1. The van der Waals surface area contributed by atoms with Gasteiger partial charge in [0.1, 0.15) is 23.1 Å². The molecular formula is C25H25F3N4O4. The Morgan fingerprint density at radius 2 is 1.97 bits per heavy atom. The molecule has 11 heteroatoms. The number of carbonyl (C=O) groups is 1. The van der Waals surface area contributed by atoms with Crippen LogP contribution in [-0.2, 0) is 11.4 Å². The van der Waals surface area contributed by atoms with Crippen molar-refractivity contribution < 1.29 is 27.8 Å². The molecule has 2 aromatic heterocycles. The van der Waals surface area contributed by atoms with Crippen LogP contribution in [0.4, 0.5) is 19.0 Å². The summed E-state index contributed by atoms with van der Waals surface area (Å²) in [6.45, 7) is -0.148. The molecule has 0 unspecified atom stereocenters. The molecule has 3 heterocycles. The van der Waals surface area contributed by atoms with Gasteiger partial charge in [0.25, 0.3) is 11.5 Å². The van der Waals surface area contributed by atoms with E-state index >= 15 is 0 Å². The van der Waals surface area contributed by atoms with Crippen LogP contribution in [0.25, 0.3) is 0 Å². The molecule has 3 aromatic rings. The quantitative estimate of drug-likeness (QED) is 0.434. The maximum absolute atomic E-state index is 14.6. The van der Waals surface area contributed by atoms with Gasteiger partial charge in [-0.05, 0) is 48.0 Å². The number of likely N-dealkylation sites (tertiary alicyclic amines) is 1. The van der Waals surface area contributed by atoms with Gasteiger partial charge < -0.3 is 25.0 Å². The van der Waals surface area contributed by atoms with E-state index in [1.54, 1.807) is 17.0 Å². The average molecular weight is 502 g/mol. The van der Waals surface area contributed by atoms with Crippen LogP contribution < -0.4 is 15.6 Å². The van der Waals surface area contributed by atoms with Gasteiger partial charge in [0.15, 0.2) is 0 Å². The van der Waals surface area contributed by atoms with Gasteiger partial charge in [-0.1, -0.05) is 0 Å². The summed E-state index contributed by atoms with van der Waals surface area (Å²) in [4.78, 5) is 32.4. The number of piperidine rings is 1. The van der Waals surface area contributed by atoms with Gasteiger partial charge in [-0.3, -0.25) is 9.59 Å². The van der Waals surface area contributed by atoms with Crippen molar-refractivity contribution in [2.45, 2.75) is 31.3 Å². The molecule has 4 rings (SSSR count). The van der Waals surface area contributed by atoms with Crippen molar-refractivity contribution in [1.29, 1.82) is 0 Å². The molecule has 1 aromatic carbocycles. The molecule has 1 atom stereocenters. The Labute approximate surface area is 204 Å². The Balaban J connectivity index is 1.30. The fourth-order valence-electron chi connectivity index (χ4n) is 4.00. The molecule has 36 heavy (non-hydrogen) atoms. The number of H-pyrrole nitrogens is 1. The zero-order chi connectivity index (χ0) is 25.7. The van der Waals surface area contributed by atoms with Crippen molar-refractivity contribution in [1.82, 2.24) is 14.9 Å². The molecule has 190 valence electrons. The average Bonchev–Trinajstić information content (AvgIpc) is 2.86. The van der Waals surface area contributed by atoms with Crippen molar-refractivity contribution in [2.24, 2.45) is 0 Å². The van der Waals surface area contributed by atoms with Gasteiger partial charge >= 0.3 is 0 Å². The van der Waals surface area contributed by atoms with Crippen molar-refractivity contribution in [2.75, 3.05) is 25.0 Å². The number of halogens is 3. The third-order valence-corrected chi connectivity index (χ3v) is 6.00. The lowest BCUT2D eigenvalue weighted by atomic mass is 9.87. The van der Waals surface area contributed by atoms with E-state index in [2.05, 4.69) is 15.3 Å². The number of hydrogen-bond acceptors (Lipinski definition) is 6. The molecule has 0 spiro atoms. The first-order chi connectivity index (χ1) is 17.2. The maximum Gasteiger partial charge on any atom is 0.257 e. The van der Waals surface area contributed by atoms with Gasteiger partial charge in [0.2, 0.25) is 5.91 Å². The molecule has 1 aliphatic heterocycles. The number of pyridine rings is 2. The fraction of sp³-hybridized carbons (Fsp3) is 0.320. The lowest BCUT2D eigenvalue weighted by Gasteiger charge is -2.38. The van der Waals surface area contributed by atoms with E-state index in [0.29, 0.717) is 17.3 Å². The minimum absolute atomic E-state index is 0.00483. The molecule has 1 saturated heterocycles. The highest BCUT2D eigenvalue weighted by molar-refractivity contribution is 5.89. The van der Waals surface area contributed by atoms with E-state index in [1.807, 2.05) is 0 Å². The summed E-state index contributed by atoms with van der Waals surface area (Å²) in [6.07, 6.45) is 2.36. The van der Waals surface area contributed by atoms with Crippen LogP contribution in [0.2, 0.25) is 0 Å². The van der Waals surface area contributed by atoms with Crippen LogP contribution in [-0.4, -0.2) is 51.4 Å². The van der Waals surface area contributed by atoms with Crippen molar-refractivity contribution in [3.8, 4) is 11.5 Å². The minimum Gasteiger partial charge on any atom is -0.456 e. The summed E-state index contributed by atoms with van der Waals surface area (Å²) < 4.78 is 47.8. The summed E-state index contributed by atoms with van der Waals surface area (Å²) in [5.74, 6) is -3.70. The number of aliphatic hydroxyl groups excluding tert-OH is 1. The Morgan fingerprint density at radius 1 is 1.22 bits per heavy atom. The van der Waals surface area contributed by atoms with Gasteiger partial charge in [0, 0.05) is 44.2 Å². The Hall–Kier alpha value is -3.70. The normalized spacial score (nSPS) is 17.5. The van der Waals surface area contributed by atoms with Crippen LogP contribution in [0, 0.1) is 5.82 Å². The second-order valence-electron chi connectivity index (χ2n) is 8.54. The Bertz CT molecular complexity index is 1250. The Morgan fingerprint density at radius 3 is 2.67 bits per heavy atom. The number of anilines is 1. The van der Waals surface area contributed by atoms with E-state index in [9.17, 15) is 27.9 Å². The number of nitrogens with one attached hydrogen (secondary N) is 2. The fourth-order valence-corrected chi connectivity index (χ4v) is 4.00. The molecule has 1 fully saturated rings. The van der Waals surface area contributed by atoms with Gasteiger partial charge in [-0.15, -0.1) is 0 Å². The number of aliphatic hydroxyl groups is 1. The highest BCUT2D eigenvalue weighted by Crippen LogP contribution is 2.40. The molecule has 1 aliphatic rings. The van der Waals surface area contributed by atoms with Crippen molar-refractivity contribution in [3.05, 3.63) is 82.2 Å². The van der Waals surface area contributed by atoms with Crippen molar-refractivity contribution in [3.63, 3.8) is 0 Å². The second kappa shape index (κ2) is 10.9. The first-order valence-corrected chi connectivity index (χ1v) is 11.4. The monoisotopic (exact) mass is 502 g/mol. The molecule has 0 radical (unpaired) electrons. The summed E-state index contributed by atoms with van der Waals surface area (Å²) in [7, 11) is 0. The molecular weight excluding hydrogens is 477 g/mol. The van der Waals surface area contributed by atoms with E-state index in [1.165, 1.54) is 42.7 Å². The third-order valence-electron chi connectivity index (χ3n) is 6.00. The summed E-state index contributed by atoms with van der Waals surface area (Å²) >= 11 is 0. The number of ether oxygens (including phenoxy) is 1. The summed E-state index contributed by atoms with van der Waals surface area (Å²) in [5, 5.41) is 12.0. The van der Waals surface area contributed by atoms with E-state index < -0.39 is 24.0 Å². The second-order valence-corrected chi connectivity index (χ2v) is 8.54. The van der Waals surface area contributed by atoms with Crippen LogP contribution in [0.15, 0.2) is 59.7 Å². The lowest BCUT2D eigenvalue weighted by molar-refractivity contribution is -0.117. The predicted molar refractivity (Wildman–Crippen MR) is 126 cm³/mol. The van der Waals surface area contributed by atoms with Crippen LogP contribution in [0.5, 0.6) is 11.5 Å². The molecule has 0 bridgehead atoms. The number of aromatic amines is 1. The zero-order valence-corrected chi connectivity index (χ0v) is 19.2. The number of hydrogen-bond donors (Lipinski definition) is 3. The summed E-state index contributed by atoms with van der Waals surface area (Å²) in [5.41, 5.74) is -0.246. The molecule has 3 N–H and O–H groups in total. The topological polar surface area (TPSA) is 108 Å². The van der Waals surface area contributed by atoms with Gasteiger partial charge in [0.05, 0.1) is 18.7 Å². The van der Waals surface area contributed by atoms with Crippen molar-refractivity contribution >= 4 is 11.7 Å². The van der Waals surface area contributed by atoms with Crippen LogP contribution in [0.3, 0.4) is 0 Å². The van der Waals surface area contributed by atoms with Crippen LogP contribution >= 0.6 is 0 Å². The smallest absolute Gasteiger partial charge is 0.257 e. The number of amides is 1. The number of nitrogens with zero attached hydrogens (tertiary/aromatic N) is 2. The van der Waals surface area contributed by atoms with Gasteiger partial charge in [-0.25, -0.2) is 18.2 Å². The molecule has 8 nitrogen and oxygen atoms in total. The third kappa shape index (κ3) is 6.29.